The van der Waals surface area contributed by atoms with Gasteiger partial charge in [-0.05, 0) is 19.9 Å². The summed E-state index contributed by atoms with van der Waals surface area (Å²) in [6, 6.07) is 0.626. The van der Waals surface area contributed by atoms with Crippen LogP contribution in [0, 0.1) is 0 Å². The summed E-state index contributed by atoms with van der Waals surface area (Å²) in [5.74, 6) is 2.25. The average Bonchev–Trinajstić information content (AvgIpc) is 2.86. The smallest absolute Gasteiger partial charge is 0.240 e. The van der Waals surface area contributed by atoms with E-state index in [2.05, 4.69) is 27.4 Å². The van der Waals surface area contributed by atoms with Gasteiger partial charge in [0.15, 0.2) is 5.82 Å². The summed E-state index contributed by atoms with van der Waals surface area (Å²) in [5.41, 5.74) is 0. The molecular formula is C10H16N4O. The molecule has 1 aliphatic carbocycles. The molecule has 1 aliphatic heterocycles. The molecule has 82 valence electrons. The molecule has 1 saturated carbocycles. The molecule has 2 fully saturated rings. The van der Waals surface area contributed by atoms with E-state index in [1.165, 1.54) is 12.8 Å². The van der Waals surface area contributed by atoms with Gasteiger partial charge in [0.2, 0.25) is 5.89 Å². The molecule has 15 heavy (non-hydrogen) atoms. The largest absolute Gasteiger partial charge is 0.338 e. The van der Waals surface area contributed by atoms with Gasteiger partial charge in [0.05, 0.1) is 6.54 Å². The van der Waals surface area contributed by atoms with E-state index in [0.717, 1.165) is 31.3 Å². The Balaban J connectivity index is 1.60. The molecule has 0 bridgehead atoms. The van der Waals surface area contributed by atoms with Crippen molar-refractivity contribution in [1.82, 2.24) is 20.4 Å². The molecule has 0 spiro atoms. The van der Waals surface area contributed by atoms with Gasteiger partial charge < -0.3 is 9.84 Å². The van der Waals surface area contributed by atoms with Crippen LogP contribution in [0.15, 0.2) is 4.52 Å². The lowest BCUT2D eigenvalue weighted by atomic mass is 10.1. The normalized spacial score (nSPS) is 22.0. The molecule has 1 saturated heterocycles. The summed E-state index contributed by atoms with van der Waals surface area (Å²) in [4.78, 5) is 6.68. The Morgan fingerprint density at radius 2 is 2.27 bits per heavy atom. The average molecular weight is 208 g/mol. The number of aromatic nitrogens is 2. The van der Waals surface area contributed by atoms with Gasteiger partial charge in [0.25, 0.3) is 0 Å². The van der Waals surface area contributed by atoms with Gasteiger partial charge in [0, 0.05) is 25.0 Å². The molecule has 0 radical (unpaired) electrons. The second-order valence-electron chi connectivity index (χ2n) is 4.55. The zero-order valence-electron chi connectivity index (χ0n) is 8.94. The van der Waals surface area contributed by atoms with Crippen LogP contribution in [0.5, 0.6) is 0 Å². The van der Waals surface area contributed by atoms with Gasteiger partial charge in [-0.25, -0.2) is 0 Å². The van der Waals surface area contributed by atoms with Crippen LogP contribution < -0.4 is 5.32 Å². The first-order valence-corrected chi connectivity index (χ1v) is 5.56. The third-order valence-electron chi connectivity index (χ3n) is 3.19. The summed E-state index contributed by atoms with van der Waals surface area (Å²) in [6.45, 7) is 2.91. The summed E-state index contributed by atoms with van der Waals surface area (Å²) in [7, 11) is 2.10. The van der Waals surface area contributed by atoms with Crippen molar-refractivity contribution in [2.24, 2.45) is 0 Å². The molecule has 5 nitrogen and oxygen atoms in total. The van der Waals surface area contributed by atoms with Crippen LogP contribution >= 0.6 is 0 Å². The van der Waals surface area contributed by atoms with Crippen molar-refractivity contribution in [3.63, 3.8) is 0 Å². The number of rotatable bonds is 4. The highest BCUT2D eigenvalue weighted by atomic mass is 16.5. The Hall–Kier alpha value is -0.940. The van der Waals surface area contributed by atoms with Crippen LogP contribution in [0.2, 0.25) is 0 Å². The van der Waals surface area contributed by atoms with Crippen LogP contribution in [-0.2, 0) is 6.54 Å². The molecule has 0 amide bonds. The molecule has 1 aromatic rings. The Kier molecular flexibility index (Phi) is 2.21. The Morgan fingerprint density at radius 1 is 1.47 bits per heavy atom. The third-order valence-corrected chi connectivity index (χ3v) is 3.19. The van der Waals surface area contributed by atoms with E-state index >= 15 is 0 Å². The topological polar surface area (TPSA) is 54.2 Å². The van der Waals surface area contributed by atoms with Gasteiger partial charge >= 0.3 is 0 Å². The second-order valence-corrected chi connectivity index (χ2v) is 4.55. The van der Waals surface area contributed by atoms with Crippen molar-refractivity contribution in [2.75, 3.05) is 20.1 Å². The predicted octanol–water partition coefficient (Wildman–Crippen LogP) is 0.351. The molecule has 1 aromatic heterocycles. The van der Waals surface area contributed by atoms with E-state index in [1.54, 1.807) is 0 Å². The van der Waals surface area contributed by atoms with Gasteiger partial charge in [-0.1, -0.05) is 5.16 Å². The van der Waals surface area contributed by atoms with E-state index in [-0.39, 0.29) is 0 Å². The predicted molar refractivity (Wildman–Crippen MR) is 54.4 cm³/mol. The van der Waals surface area contributed by atoms with Gasteiger partial charge in [-0.15, -0.1) is 0 Å². The van der Waals surface area contributed by atoms with Gasteiger partial charge in [-0.3, -0.25) is 4.90 Å². The number of likely N-dealkylation sites (N-methyl/N-ethyl adjacent to an activating group) is 1. The van der Waals surface area contributed by atoms with Gasteiger partial charge in [-0.2, -0.15) is 4.98 Å². The van der Waals surface area contributed by atoms with Crippen LogP contribution in [-0.4, -0.2) is 41.2 Å². The zero-order valence-corrected chi connectivity index (χ0v) is 8.94. The third kappa shape index (κ3) is 1.89. The highest BCUT2D eigenvalue weighted by molar-refractivity contribution is 5.03. The monoisotopic (exact) mass is 208 g/mol. The number of nitrogens with one attached hydrogen (secondary N) is 1. The molecule has 3 rings (SSSR count). The summed E-state index contributed by atoms with van der Waals surface area (Å²) < 4.78 is 5.23. The Labute approximate surface area is 88.8 Å². The van der Waals surface area contributed by atoms with Crippen molar-refractivity contribution in [1.29, 1.82) is 0 Å². The van der Waals surface area contributed by atoms with Crippen molar-refractivity contribution in [3.8, 4) is 0 Å². The van der Waals surface area contributed by atoms with E-state index in [9.17, 15) is 0 Å². The number of nitrogens with zero attached hydrogens (tertiary/aromatic N) is 3. The number of hydrogen-bond donors (Lipinski definition) is 1. The zero-order chi connectivity index (χ0) is 10.3. The molecule has 2 aliphatic rings. The van der Waals surface area contributed by atoms with Gasteiger partial charge in [0.1, 0.15) is 0 Å². The first-order chi connectivity index (χ1) is 7.33. The summed E-state index contributed by atoms with van der Waals surface area (Å²) >= 11 is 0. The van der Waals surface area contributed by atoms with Crippen molar-refractivity contribution >= 4 is 0 Å². The molecule has 0 atom stereocenters. The maximum atomic E-state index is 5.23. The molecule has 2 heterocycles. The minimum Gasteiger partial charge on any atom is -0.338 e. The lowest BCUT2D eigenvalue weighted by Crippen LogP contribution is -2.55. The maximum Gasteiger partial charge on any atom is 0.240 e. The number of hydrogen-bond acceptors (Lipinski definition) is 5. The fraction of sp³-hybridized carbons (Fsp3) is 0.800. The molecule has 1 N–H and O–H groups in total. The molecular weight excluding hydrogens is 192 g/mol. The first-order valence-electron chi connectivity index (χ1n) is 5.56. The van der Waals surface area contributed by atoms with E-state index in [4.69, 9.17) is 4.52 Å². The summed E-state index contributed by atoms with van der Waals surface area (Å²) in [5, 5.41) is 7.26. The van der Waals surface area contributed by atoms with Crippen LogP contribution in [0.25, 0.3) is 0 Å². The van der Waals surface area contributed by atoms with Crippen molar-refractivity contribution in [2.45, 2.75) is 31.3 Å². The highest BCUT2D eigenvalue weighted by Gasteiger charge is 2.29. The van der Waals surface area contributed by atoms with E-state index in [0.29, 0.717) is 12.0 Å². The van der Waals surface area contributed by atoms with Crippen molar-refractivity contribution in [3.05, 3.63) is 11.7 Å². The SMILES string of the molecule is CN(Cc1nc(C2CC2)no1)C1CNC1. The van der Waals surface area contributed by atoms with Crippen LogP contribution in [0.1, 0.15) is 30.5 Å². The van der Waals surface area contributed by atoms with E-state index < -0.39 is 0 Å². The standard InChI is InChI=1S/C10H16N4O/c1-14(8-4-11-5-8)6-9-12-10(13-15-9)7-2-3-7/h7-8,11H,2-6H2,1H3. The highest BCUT2D eigenvalue weighted by Crippen LogP contribution is 2.38. The molecule has 0 aromatic carbocycles. The quantitative estimate of drug-likeness (QED) is 0.773. The molecule has 5 heteroatoms. The maximum absolute atomic E-state index is 5.23. The fourth-order valence-corrected chi connectivity index (χ4v) is 1.77. The Morgan fingerprint density at radius 3 is 2.87 bits per heavy atom. The van der Waals surface area contributed by atoms with Crippen LogP contribution in [0.3, 0.4) is 0 Å². The van der Waals surface area contributed by atoms with Crippen molar-refractivity contribution < 1.29 is 4.52 Å². The molecule has 0 unspecified atom stereocenters. The fourth-order valence-electron chi connectivity index (χ4n) is 1.77. The second kappa shape index (κ2) is 3.57. The lowest BCUT2D eigenvalue weighted by molar-refractivity contribution is 0.155. The Bertz CT molecular complexity index is 343. The minimum absolute atomic E-state index is 0.582. The van der Waals surface area contributed by atoms with E-state index in [1.807, 2.05) is 0 Å². The summed E-state index contributed by atoms with van der Waals surface area (Å²) in [6.07, 6.45) is 2.45. The van der Waals surface area contributed by atoms with Crippen LogP contribution in [0.4, 0.5) is 0 Å². The first kappa shape index (κ1) is 9.30. The lowest BCUT2D eigenvalue weighted by Gasteiger charge is -2.34. The minimum atomic E-state index is 0.582.